The van der Waals surface area contributed by atoms with Gasteiger partial charge in [-0.25, -0.2) is 4.68 Å². The van der Waals surface area contributed by atoms with E-state index in [0.29, 0.717) is 24.0 Å². The van der Waals surface area contributed by atoms with Gasteiger partial charge < -0.3 is 24.4 Å². The van der Waals surface area contributed by atoms with Gasteiger partial charge in [-0.1, -0.05) is 73.7 Å². The van der Waals surface area contributed by atoms with Gasteiger partial charge in [0.25, 0.3) is 11.5 Å². The summed E-state index contributed by atoms with van der Waals surface area (Å²) in [6.07, 6.45) is -0.133. The van der Waals surface area contributed by atoms with Crippen LogP contribution >= 0.6 is 0 Å². The maximum Gasteiger partial charge on any atom is 0.279 e. The van der Waals surface area contributed by atoms with E-state index in [-0.39, 0.29) is 43.0 Å². The summed E-state index contributed by atoms with van der Waals surface area (Å²) in [7, 11) is -2.99. The number of aromatic amines is 1. The predicted octanol–water partition coefficient (Wildman–Crippen LogP) is 5.00. The van der Waals surface area contributed by atoms with Gasteiger partial charge >= 0.3 is 0 Å². The van der Waals surface area contributed by atoms with E-state index in [1.165, 1.54) is 4.68 Å². The highest BCUT2D eigenvalue weighted by Gasteiger charge is 2.66. The van der Waals surface area contributed by atoms with Gasteiger partial charge in [0.2, 0.25) is 5.91 Å². The van der Waals surface area contributed by atoms with Gasteiger partial charge in [-0.15, -0.1) is 0 Å². The lowest BCUT2D eigenvalue weighted by molar-refractivity contribution is -0.151. The van der Waals surface area contributed by atoms with Crippen LogP contribution in [0.15, 0.2) is 102 Å². The molecule has 0 bridgehead atoms. The summed E-state index contributed by atoms with van der Waals surface area (Å²) in [4.78, 5) is 57.1. The molecule has 51 heavy (non-hydrogen) atoms. The number of nitrogens with one attached hydrogen (secondary N) is 1. The number of carbonyl (C=O) groups excluding carboxylic acids is 2. The summed E-state index contributed by atoms with van der Waals surface area (Å²) in [6.45, 7) is 6.18. The third-order valence-electron chi connectivity index (χ3n) is 11.3. The number of aliphatic hydroxyl groups excluding tert-OH is 1. The lowest BCUT2D eigenvalue weighted by atomic mass is 9.82. The molecule has 3 aliphatic rings. The van der Waals surface area contributed by atoms with Crippen molar-refractivity contribution < 1.29 is 24.2 Å². The van der Waals surface area contributed by atoms with E-state index in [0.717, 1.165) is 33.5 Å². The van der Waals surface area contributed by atoms with Gasteiger partial charge in [0.05, 0.1) is 54.0 Å². The fourth-order valence-corrected chi connectivity index (χ4v) is 11.4. The summed E-state index contributed by atoms with van der Waals surface area (Å²) in [5.74, 6) is -0.788. The minimum Gasteiger partial charge on any atom is -0.432 e. The number of hydrogen-bond acceptors (Lipinski definition) is 6. The zero-order valence-electron chi connectivity index (χ0n) is 29.0. The molecule has 5 atom stereocenters. The maximum absolute atomic E-state index is 14.8. The minimum absolute atomic E-state index is 0.00353. The van der Waals surface area contributed by atoms with Crippen LogP contribution in [-0.2, 0) is 39.4 Å². The highest BCUT2D eigenvalue weighted by atomic mass is 28.4. The lowest BCUT2D eigenvalue weighted by Gasteiger charge is -2.37. The normalized spacial score (nSPS) is 24.4. The number of rotatable bonds is 7. The van der Waals surface area contributed by atoms with Crippen molar-refractivity contribution in [2.75, 3.05) is 11.5 Å². The average Bonchev–Trinajstić information content (AvgIpc) is 3.71. The summed E-state index contributed by atoms with van der Waals surface area (Å²) < 4.78 is 8.43. The molecular formula is C40H42N4O6Si. The van der Waals surface area contributed by atoms with Gasteiger partial charge in [-0.3, -0.25) is 19.5 Å². The van der Waals surface area contributed by atoms with Gasteiger partial charge in [-0.2, -0.15) is 0 Å². The first-order valence-electron chi connectivity index (χ1n) is 17.6. The van der Waals surface area contributed by atoms with Gasteiger partial charge in [-0.05, 0) is 66.5 Å². The molecule has 0 saturated carbocycles. The molecule has 0 radical (unpaired) electrons. The molecule has 10 nitrogen and oxygen atoms in total. The molecule has 1 spiro atoms. The van der Waals surface area contributed by atoms with Crippen LogP contribution in [0.5, 0.6) is 0 Å². The number of anilines is 1. The second-order valence-electron chi connectivity index (χ2n) is 14.8. The Morgan fingerprint density at radius 2 is 1.63 bits per heavy atom. The molecule has 262 valence electrons. The van der Waals surface area contributed by atoms with Crippen molar-refractivity contribution in [1.82, 2.24) is 14.7 Å². The lowest BCUT2D eigenvalue weighted by Crippen LogP contribution is -2.48. The second-order valence-corrected chi connectivity index (χ2v) is 18.7. The molecule has 0 unspecified atom stereocenters. The number of amides is 2. The highest BCUT2D eigenvalue weighted by Crippen LogP contribution is 2.59. The number of fused-ring (bicyclic) bond motifs is 4. The van der Waals surface area contributed by atoms with E-state index < -0.39 is 31.5 Å². The van der Waals surface area contributed by atoms with Crippen LogP contribution in [0.2, 0.25) is 18.6 Å². The van der Waals surface area contributed by atoms with Crippen molar-refractivity contribution in [3.63, 3.8) is 0 Å². The molecule has 2 amide bonds. The summed E-state index contributed by atoms with van der Waals surface area (Å²) in [5, 5.41) is 14.0. The minimum atomic E-state index is -2.99. The third kappa shape index (κ3) is 5.38. The highest BCUT2D eigenvalue weighted by molar-refractivity contribution is 6.71. The molecule has 3 aliphatic heterocycles. The molecule has 1 fully saturated rings. The van der Waals surface area contributed by atoms with Gasteiger partial charge in [0, 0.05) is 23.6 Å². The zero-order valence-corrected chi connectivity index (χ0v) is 30.0. The van der Waals surface area contributed by atoms with E-state index in [4.69, 9.17) is 4.74 Å². The quantitative estimate of drug-likeness (QED) is 0.205. The Balaban J connectivity index is 1.09. The Labute approximate surface area is 297 Å². The number of benzene rings is 4. The maximum atomic E-state index is 14.8. The summed E-state index contributed by atoms with van der Waals surface area (Å²) in [5.41, 5.74) is 4.05. The first-order valence-corrected chi connectivity index (χ1v) is 20.6. The zero-order chi connectivity index (χ0) is 35.7. The van der Waals surface area contributed by atoms with Crippen LogP contribution in [0.3, 0.4) is 0 Å². The monoisotopic (exact) mass is 702 g/mol. The Hall–Kier alpha value is -4.81. The molecule has 11 heteroatoms. The molecule has 8 rings (SSSR count). The number of aliphatic hydroxyl groups is 1. The fourth-order valence-electron chi connectivity index (χ4n) is 8.89. The number of H-pyrrole nitrogens is 1. The van der Waals surface area contributed by atoms with Gasteiger partial charge in [0.1, 0.15) is 0 Å². The van der Waals surface area contributed by atoms with E-state index in [9.17, 15) is 24.3 Å². The fraction of sp³-hybridized carbons (Fsp3) is 0.325. The van der Waals surface area contributed by atoms with Crippen LogP contribution in [0, 0.1) is 5.92 Å². The Morgan fingerprint density at radius 3 is 2.35 bits per heavy atom. The van der Waals surface area contributed by atoms with E-state index >= 15 is 0 Å². The Morgan fingerprint density at radius 1 is 0.941 bits per heavy atom. The Kier molecular flexibility index (Phi) is 8.14. The Bertz CT molecular complexity index is 2210. The summed E-state index contributed by atoms with van der Waals surface area (Å²) >= 11 is 0. The number of hydrogen-bond donors (Lipinski definition) is 3. The molecule has 1 saturated heterocycles. The molecule has 4 aromatic carbocycles. The number of ether oxygens (including phenoxy) is 1. The van der Waals surface area contributed by atoms with Crippen LogP contribution in [-0.4, -0.2) is 63.5 Å². The van der Waals surface area contributed by atoms with Crippen LogP contribution in [0.4, 0.5) is 5.69 Å². The first-order chi connectivity index (χ1) is 24.5. The van der Waals surface area contributed by atoms with Crippen molar-refractivity contribution in [2.24, 2.45) is 5.92 Å². The molecule has 4 heterocycles. The molecular weight excluding hydrogens is 661 g/mol. The number of nitrogens with zero attached hydrogens (tertiary/aromatic N) is 3. The first kappa shape index (κ1) is 33.3. The second kappa shape index (κ2) is 12.4. The number of aromatic nitrogens is 2. The average molecular weight is 703 g/mol. The number of carbonyl (C=O) groups is 2. The third-order valence-corrected chi connectivity index (χ3v) is 13.8. The smallest absolute Gasteiger partial charge is 0.279 e. The van der Waals surface area contributed by atoms with Crippen molar-refractivity contribution in [2.45, 2.75) is 69.2 Å². The van der Waals surface area contributed by atoms with Crippen molar-refractivity contribution in [1.29, 1.82) is 0 Å². The molecule has 3 N–H and O–H groups in total. The van der Waals surface area contributed by atoms with Crippen molar-refractivity contribution >= 4 is 36.7 Å². The van der Waals surface area contributed by atoms with Crippen LogP contribution in [0.25, 0.3) is 16.6 Å². The predicted molar refractivity (Wildman–Crippen MR) is 197 cm³/mol. The van der Waals surface area contributed by atoms with E-state index in [1.807, 2.05) is 111 Å². The molecule has 0 aliphatic carbocycles. The van der Waals surface area contributed by atoms with E-state index in [2.05, 4.69) is 5.10 Å². The van der Waals surface area contributed by atoms with Gasteiger partial charge in [0.15, 0.2) is 13.9 Å². The topological polar surface area (TPSA) is 128 Å². The number of para-hydroxylation sites is 2. The van der Waals surface area contributed by atoms with Crippen molar-refractivity contribution in [3.05, 3.63) is 130 Å². The SMILES string of the molecule is C[C@H]1[C@H]([Si](C)(C)O)[C@@H](CC(=O)N2Cc3ccccc3C[C@H]2CO)O[C@]12C(=O)N(Cc1ccc(-n3[nH]c4ccccc4c3=O)cc1)c1ccccc12. The molecule has 5 aromatic rings. The van der Waals surface area contributed by atoms with Crippen LogP contribution in [0.1, 0.15) is 35.6 Å². The molecule has 1 aromatic heterocycles. The van der Waals surface area contributed by atoms with E-state index in [1.54, 1.807) is 15.9 Å². The van der Waals surface area contributed by atoms with Crippen LogP contribution < -0.4 is 10.5 Å². The largest absolute Gasteiger partial charge is 0.432 e. The van der Waals surface area contributed by atoms with Crippen molar-refractivity contribution in [3.8, 4) is 5.69 Å². The standard InChI is InChI=1S/C40H42N4O6Si/c1-25-37(51(2,3)49)35(21-36(46)42-23-28-11-5-4-10-27(28)20-30(42)24-45)50-40(25)32-13-7-9-15-34(32)43(39(40)48)22-26-16-18-29(19-17-26)44-38(47)31-12-6-8-14-33(31)41-44/h4-19,25,30,35,37,41,45,49H,20-24H2,1-3H3/t25-,30-,35+,37-,40+/m0/s1. The summed E-state index contributed by atoms with van der Waals surface area (Å²) in [6, 6.07) is 30.2.